The quantitative estimate of drug-likeness (QED) is 0.0236. The molecular formula is C57H57N15O14S2. The summed E-state index contributed by atoms with van der Waals surface area (Å²) in [6.45, 7) is 8.06. The van der Waals surface area contributed by atoms with Crippen molar-refractivity contribution in [3.8, 4) is 11.5 Å². The van der Waals surface area contributed by atoms with Gasteiger partial charge in [0.25, 0.3) is 38.0 Å². The molecule has 29 nitrogen and oxygen atoms in total. The number of carbonyl (C=O) groups is 6. The van der Waals surface area contributed by atoms with Crippen molar-refractivity contribution in [2.24, 2.45) is 5.73 Å². The normalized spacial score (nSPS) is 16.9. The minimum absolute atomic E-state index is 0.0541. The van der Waals surface area contributed by atoms with Gasteiger partial charge in [-0.1, -0.05) is 12.2 Å². The van der Waals surface area contributed by atoms with Crippen LogP contribution in [0.1, 0.15) is 97.3 Å². The van der Waals surface area contributed by atoms with Gasteiger partial charge in [-0.05, 0) is 113 Å². The Morgan fingerprint density at radius 2 is 1.26 bits per heavy atom. The molecule has 8 aromatic rings. The number of nitrogens with two attached hydrogens (primary N) is 3. The number of aromatic nitrogens is 8. The first-order valence-electron chi connectivity index (χ1n) is 27.5. The topological polar surface area (TPSA) is 427 Å². The number of nitrogen functional groups attached to an aromatic ring is 2. The van der Waals surface area contributed by atoms with Crippen LogP contribution in [-0.4, -0.2) is 118 Å². The standard InChI is InChI=1S/C57H57N15O14S2/c1-5-71-43(23-29(3)67-71)50(75)65-54-63-39-25-31(48(60)73)9-15-41(39)69(54)21-7-8-22-70-42-16-10-32(26-40(42)64-55(70)66-51(76)44-24-30(4)68-72(44)6-2)49(74)61-19-20-62-53(78)56(88(82,83)84)18-17-35-34(28-56)52(77)86-57(35)36-12-11-33(58)27-45(36)85-46-37(57)13-14-38(59)47(46)87(79,80)81/h9-18,23-27H,5-8,19-22,28,58-59H2,1-4H3,(H2,60,73)(H,61,74)(H,62,78)(H,63,65,75)(H,64,66,76)(H,79,80,81)(H,82,83,84). The molecule has 456 valence electrons. The molecule has 1 aliphatic carbocycles. The fourth-order valence-electron chi connectivity index (χ4n) is 11.4. The number of primary amides is 1. The predicted octanol–water partition coefficient (Wildman–Crippen LogP) is 4.27. The number of hydrogen-bond acceptors (Lipinski definition) is 18. The highest BCUT2D eigenvalue weighted by Crippen LogP contribution is 2.60. The highest BCUT2D eigenvalue weighted by atomic mass is 32.2. The summed E-state index contributed by atoms with van der Waals surface area (Å²) in [7, 11) is -10.5. The maximum Gasteiger partial charge on any atom is 0.336 e. The van der Waals surface area contributed by atoms with Crippen LogP contribution in [0.25, 0.3) is 22.1 Å². The van der Waals surface area contributed by atoms with Gasteiger partial charge in [-0.25, -0.2) is 14.8 Å². The molecule has 3 aliphatic rings. The molecule has 1 spiro atoms. The smallest absolute Gasteiger partial charge is 0.336 e. The highest BCUT2D eigenvalue weighted by molar-refractivity contribution is 7.88. The lowest BCUT2D eigenvalue weighted by Gasteiger charge is -2.38. The summed E-state index contributed by atoms with van der Waals surface area (Å²) >= 11 is 0. The fourth-order valence-corrected chi connectivity index (χ4v) is 13.0. The number of esters is 1. The van der Waals surface area contributed by atoms with E-state index in [2.05, 4.69) is 36.4 Å². The Morgan fingerprint density at radius 3 is 1.82 bits per heavy atom. The molecule has 0 fully saturated rings. The zero-order valence-electron chi connectivity index (χ0n) is 47.4. The zero-order chi connectivity index (χ0) is 62.9. The van der Waals surface area contributed by atoms with Crippen LogP contribution in [-0.2, 0) is 66.3 Å². The number of rotatable bonds is 19. The Labute approximate surface area is 500 Å². The minimum Gasteiger partial charge on any atom is -0.455 e. The van der Waals surface area contributed by atoms with Crippen LogP contribution in [0, 0.1) is 13.8 Å². The summed E-state index contributed by atoms with van der Waals surface area (Å²) in [4.78, 5) is 90.1. The van der Waals surface area contributed by atoms with E-state index in [-0.39, 0.29) is 69.0 Å². The van der Waals surface area contributed by atoms with Crippen molar-refractivity contribution in [1.82, 2.24) is 49.3 Å². The first kappa shape index (κ1) is 59.5. The van der Waals surface area contributed by atoms with E-state index in [0.29, 0.717) is 78.2 Å². The van der Waals surface area contributed by atoms with Crippen LogP contribution in [0.3, 0.4) is 0 Å². The van der Waals surface area contributed by atoms with Crippen molar-refractivity contribution in [3.05, 3.63) is 147 Å². The number of benzene rings is 4. The molecule has 11 rings (SSSR count). The van der Waals surface area contributed by atoms with Crippen molar-refractivity contribution >= 4 is 101 Å². The molecule has 12 N–H and O–H groups in total. The summed E-state index contributed by atoms with van der Waals surface area (Å²) in [5.74, 6) is -4.89. The van der Waals surface area contributed by atoms with Crippen LogP contribution in [0.4, 0.5) is 23.3 Å². The van der Waals surface area contributed by atoms with E-state index >= 15 is 0 Å². The predicted molar refractivity (Wildman–Crippen MR) is 317 cm³/mol. The average Bonchev–Trinajstić information content (AvgIpc) is 1.35. The summed E-state index contributed by atoms with van der Waals surface area (Å²) in [6.07, 6.45) is 1.96. The molecule has 2 atom stereocenters. The Kier molecular flexibility index (Phi) is 15.0. The van der Waals surface area contributed by atoms with Crippen molar-refractivity contribution in [2.45, 2.75) is 88.4 Å². The van der Waals surface area contributed by atoms with Crippen LogP contribution >= 0.6 is 0 Å². The number of nitrogens with one attached hydrogen (secondary N) is 4. The number of fused-ring (bicyclic) bond motifs is 7. The summed E-state index contributed by atoms with van der Waals surface area (Å²) in [5.41, 5.74) is 19.0. The van der Waals surface area contributed by atoms with Crippen LogP contribution in [0.5, 0.6) is 11.5 Å². The van der Waals surface area contributed by atoms with Gasteiger partial charge in [-0.15, -0.1) is 0 Å². The molecule has 31 heteroatoms. The second kappa shape index (κ2) is 22.2. The van der Waals surface area contributed by atoms with Gasteiger partial charge >= 0.3 is 5.97 Å². The lowest BCUT2D eigenvalue weighted by Crippen LogP contribution is -2.53. The Hall–Kier alpha value is -10.2. The first-order chi connectivity index (χ1) is 41.8. The first-order valence-corrected chi connectivity index (χ1v) is 30.3. The van der Waals surface area contributed by atoms with Crippen LogP contribution in [0.2, 0.25) is 0 Å². The lowest BCUT2D eigenvalue weighted by atomic mass is 9.74. The number of carbonyl (C=O) groups excluding carboxylic acids is 6. The van der Waals surface area contributed by atoms with Crippen molar-refractivity contribution in [2.75, 3.05) is 35.2 Å². The van der Waals surface area contributed by atoms with Gasteiger partial charge < -0.3 is 46.4 Å². The third kappa shape index (κ3) is 10.3. The van der Waals surface area contributed by atoms with E-state index in [4.69, 9.17) is 31.7 Å². The number of anilines is 4. The maximum atomic E-state index is 14.1. The third-order valence-electron chi connectivity index (χ3n) is 15.4. The summed E-state index contributed by atoms with van der Waals surface area (Å²) in [6, 6.07) is 19.4. The van der Waals surface area contributed by atoms with E-state index in [9.17, 15) is 54.7 Å². The van der Waals surface area contributed by atoms with Gasteiger partial charge in [0.2, 0.25) is 23.7 Å². The molecule has 0 bridgehead atoms. The average molecular weight is 1240 g/mol. The van der Waals surface area contributed by atoms with Crippen LogP contribution < -0.4 is 43.2 Å². The van der Waals surface area contributed by atoms with E-state index in [1.807, 2.05) is 18.4 Å². The van der Waals surface area contributed by atoms with Gasteiger partial charge in [0.15, 0.2) is 21.0 Å². The highest BCUT2D eigenvalue weighted by Gasteiger charge is 2.60. The minimum atomic E-state index is -5.41. The van der Waals surface area contributed by atoms with E-state index in [1.54, 1.807) is 64.2 Å². The van der Waals surface area contributed by atoms with E-state index < -0.39 is 95.4 Å². The Bertz CT molecular complexity index is 4640. The van der Waals surface area contributed by atoms with Crippen molar-refractivity contribution in [1.29, 1.82) is 0 Å². The number of hydrogen-bond donors (Lipinski definition) is 9. The molecule has 2 unspecified atom stereocenters. The number of aryl methyl sites for hydroxylation is 6. The van der Waals surface area contributed by atoms with Crippen molar-refractivity contribution < 1.29 is 64.2 Å². The molecule has 0 radical (unpaired) electrons. The van der Waals surface area contributed by atoms with Crippen molar-refractivity contribution in [3.63, 3.8) is 0 Å². The second-order valence-corrected chi connectivity index (χ2v) is 24.1. The molecule has 6 heterocycles. The number of imidazole rings is 2. The van der Waals surface area contributed by atoms with Gasteiger partial charge in [0.05, 0.1) is 39.1 Å². The second-order valence-electron chi connectivity index (χ2n) is 21.1. The summed E-state index contributed by atoms with van der Waals surface area (Å²) in [5, 5.41) is 19.7. The van der Waals surface area contributed by atoms with Gasteiger partial charge in [-0.2, -0.15) is 27.0 Å². The SMILES string of the molecule is CCn1nc(C)cc1C(=O)Nc1nc2cc(C(N)=O)ccc2n1CCCCn1c(NC(=O)c2cc(C)nn2CC)nc2cc(C(=O)NCCNC(=O)C3(S(=O)(=O)O)C=CC4=C(C3)C(=O)OC43c4ccc(N)cc4Oc4c3ccc(N)c4S(=O)(=O)O)ccc21. The number of amides is 5. The van der Waals surface area contributed by atoms with Gasteiger partial charge in [0.1, 0.15) is 17.1 Å². The molecular weight excluding hydrogens is 1180 g/mol. The number of unbranched alkanes of at least 4 members (excludes halogenated alkanes) is 1. The van der Waals surface area contributed by atoms with Crippen LogP contribution in [0.15, 0.2) is 107 Å². The number of nitrogens with zero attached hydrogens (tertiary/aromatic N) is 8. The zero-order valence-corrected chi connectivity index (χ0v) is 49.1. The largest absolute Gasteiger partial charge is 0.455 e. The van der Waals surface area contributed by atoms with Gasteiger partial charge in [-0.3, -0.25) is 53.1 Å². The van der Waals surface area contributed by atoms with Gasteiger partial charge in [0, 0.05) is 90.8 Å². The monoisotopic (exact) mass is 1240 g/mol. The number of ether oxygens (including phenoxy) is 2. The Morgan fingerprint density at radius 1 is 0.705 bits per heavy atom. The Balaban J connectivity index is 0.808. The molecule has 0 saturated heterocycles. The molecule has 4 aromatic heterocycles. The fraction of sp³-hybridized carbons (Fsp3) is 0.263. The molecule has 0 saturated carbocycles. The molecule has 4 aromatic carbocycles. The van der Waals surface area contributed by atoms with E-state index in [0.717, 1.165) is 18.2 Å². The molecule has 88 heavy (non-hydrogen) atoms. The molecule has 2 aliphatic heterocycles. The molecule has 5 amide bonds. The third-order valence-corrected chi connectivity index (χ3v) is 17.8. The van der Waals surface area contributed by atoms with E-state index in [1.165, 1.54) is 36.4 Å². The summed E-state index contributed by atoms with van der Waals surface area (Å²) < 4.78 is 89.0. The lowest BCUT2D eigenvalue weighted by molar-refractivity contribution is -0.145. The maximum absolute atomic E-state index is 14.1.